The van der Waals surface area contributed by atoms with E-state index in [1.165, 1.54) is 4.57 Å². The smallest absolute Gasteiger partial charge is 0.416 e. The molecule has 8 heteroatoms. The number of amides is 2. The van der Waals surface area contributed by atoms with Crippen molar-refractivity contribution in [3.05, 3.63) is 41.7 Å². The van der Waals surface area contributed by atoms with E-state index in [0.29, 0.717) is 24.3 Å². The second kappa shape index (κ2) is 8.72. The van der Waals surface area contributed by atoms with Crippen molar-refractivity contribution in [1.29, 1.82) is 0 Å². The molecule has 4 rings (SSSR count). The Morgan fingerprint density at radius 2 is 1.94 bits per heavy atom. The normalized spacial score (nSPS) is 18.6. The highest BCUT2D eigenvalue weighted by molar-refractivity contribution is 5.97. The van der Waals surface area contributed by atoms with E-state index in [-0.39, 0.29) is 6.03 Å². The van der Waals surface area contributed by atoms with E-state index in [2.05, 4.69) is 24.1 Å². The first-order valence-corrected chi connectivity index (χ1v) is 10.8. The van der Waals surface area contributed by atoms with E-state index in [4.69, 9.17) is 4.74 Å². The molecule has 2 aromatic rings. The molecule has 166 valence electrons. The van der Waals surface area contributed by atoms with Gasteiger partial charge in [0.1, 0.15) is 0 Å². The summed E-state index contributed by atoms with van der Waals surface area (Å²) in [4.78, 5) is 28.9. The highest BCUT2D eigenvalue weighted by atomic mass is 16.5. The van der Waals surface area contributed by atoms with E-state index in [0.717, 1.165) is 50.2 Å². The summed E-state index contributed by atoms with van der Waals surface area (Å²) in [6, 6.07) is 7.36. The van der Waals surface area contributed by atoms with Gasteiger partial charge in [-0.25, -0.2) is 14.2 Å². The minimum Gasteiger partial charge on any atom is -0.464 e. The van der Waals surface area contributed by atoms with Crippen LogP contribution in [0.5, 0.6) is 0 Å². The molecule has 1 aromatic heterocycles. The van der Waals surface area contributed by atoms with Crippen molar-refractivity contribution in [2.24, 2.45) is 0 Å². The summed E-state index contributed by atoms with van der Waals surface area (Å²) in [5.74, 6) is 0. The van der Waals surface area contributed by atoms with E-state index < -0.39 is 11.5 Å². The molecule has 31 heavy (non-hydrogen) atoms. The number of morpholine rings is 1. The summed E-state index contributed by atoms with van der Waals surface area (Å²) in [7, 11) is 0. The molecule has 0 bridgehead atoms. The largest absolute Gasteiger partial charge is 0.464 e. The van der Waals surface area contributed by atoms with Crippen molar-refractivity contribution in [2.45, 2.75) is 25.7 Å². The number of carbonyl (C=O) groups is 2. The van der Waals surface area contributed by atoms with Gasteiger partial charge in [0.25, 0.3) is 0 Å². The Bertz CT molecular complexity index is 1000. The SMILES string of the molecule is CC1(C)CN(C(=O)NCCCN2CCOCC2)C=Cc2c1c1ccccc1n2C(=O)O. The summed E-state index contributed by atoms with van der Waals surface area (Å²) in [5.41, 5.74) is 1.80. The third-order valence-corrected chi connectivity index (χ3v) is 6.05. The Morgan fingerprint density at radius 3 is 2.68 bits per heavy atom. The monoisotopic (exact) mass is 426 g/mol. The molecule has 2 amide bonds. The van der Waals surface area contributed by atoms with E-state index in [9.17, 15) is 14.7 Å². The van der Waals surface area contributed by atoms with Crippen LogP contribution in [0.1, 0.15) is 31.5 Å². The van der Waals surface area contributed by atoms with Crippen molar-refractivity contribution in [2.75, 3.05) is 45.9 Å². The van der Waals surface area contributed by atoms with Crippen molar-refractivity contribution in [3.63, 3.8) is 0 Å². The fourth-order valence-electron chi connectivity index (χ4n) is 4.62. The maximum atomic E-state index is 12.9. The van der Waals surface area contributed by atoms with Gasteiger partial charge in [0, 0.05) is 43.2 Å². The maximum absolute atomic E-state index is 12.9. The van der Waals surface area contributed by atoms with Gasteiger partial charge in [-0.05, 0) is 30.7 Å². The third kappa shape index (κ3) is 4.31. The Kier molecular flexibility index (Phi) is 6.02. The first-order chi connectivity index (χ1) is 14.9. The molecule has 2 aliphatic heterocycles. The Labute approximate surface area is 182 Å². The molecular weight excluding hydrogens is 396 g/mol. The van der Waals surface area contributed by atoms with Gasteiger partial charge in [-0.15, -0.1) is 0 Å². The zero-order valence-electron chi connectivity index (χ0n) is 18.1. The molecule has 1 fully saturated rings. The van der Waals surface area contributed by atoms with Gasteiger partial charge in [-0.3, -0.25) is 4.90 Å². The summed E-state index contributed by atoms with van der Waals surface area (Å²) in [6.07, 6.45) is 3.29. The minimum atomic E-state index is -1.03. The van der Waals surface area contributed by atoms with Gasteiger partial charge < -0.3 is 20.1 Å². The molecule has 2 aliphatic rings. The molecular formula is C23H30N4O4. The predicted molar refractivity (Wildman–Crippen MR) is 119 cm³/mol. The summed E-state index contributed by atoms with van der Waals surface area (Å²) < 4.78 is 6.67. The van der Waals surface area contributed by atoms with Crippen molar-refractivity contribution in [3.8, 4) is 0 Å². The number of rotatable bonds is 4. The number of ether oxygens (including phenoxy) is 1. The first kappa shape index (κ1) is 21.4. The van der Waals surface area contributed by atoms with Gasteiger partial charge in [-0.1, -0.05) is 32.0 Å². The van der Waals surface area contributed by atoms with Gasteiger partial charge in [-0.2, -0.15) is 0 Å². The molecule has 0 atom stereocenters. The fourth-order valence-corrected chi connectivity index (χ4v) is 4.62. The van der Waals surface area contributed by atoms with Crippen LogP contribution in [0.4, 0.5) is 9.59 Å². The Balaban J connectivity index is 1.49. The van der Waals surface area contributed by atoms with Crippen LogP contribution in [0, 0.1) is 0 Å². The molecule has 0 unspecified atom stereocenters. The van der Waals surface area contributed by atoms with Crippen LogP contribution < -0.4 is 5.32 Å². The van der Waals surface area contributed by atoms with E-state index >= 15 is 0 Å². The molecule has 0 radical (unpaired) electrons. The second-order valence-corrected chi connectivity index (χ2v) is 8.76. The number of fused-ring (bicyclic) bond motifs is 3. The van der Waals surface area contributed by atoms with Crippen molar-refractivity contribution < 1.29 is 19.4 Å². The van der Waals surface area contributed by atoms with Crippen LogP contribution in [0.3, 0.4) is 0 Å². The second-order valence-electron chi connectivity index (χ2n) is 8.76. The third-order valence-electron chi connectivity index (χ3n) is 6.05. The lowest BCUT2D eigenvalue weighted by molar-refractivity contribution is 0.0375. The number of hydrogen-bond donors (Lipinski definition) is 2. The molecule has 0 aliphatic carbocycles. The number of carbonyl (C=O) groups excluding carboxylic acids is 1. The topological polar surface area (TPSA) is 87.0 Å². The highest BCUT2D eigenvalue weighted by Gasteiger charge is 2.35. The fraction of sp³-hybridized carbons (Fsp3) is 0.478. The summed E-state index contributed by atoms with van der Waals surface area (Å²) >= 11 is 0. The van der Waals surface area contributed by atoms with Crippen LogP contribution in [-0.2, 0) is 10.2 Å². The first-order valence-electron chi connectivity index (χ1n) is 10.8. The average molecular weight is 427 g/mol. The van der Waals surface area contributed by atoms with Gasteiger partial charge in [0.15, 0.2) is 0 Å². The molecule has 0 saturated carbocycles. The zero-order chi connectivity index (χ0) is 22.0. The Morgan fingerprint density at radius 1 is 1.19 bits per heavy atom. The average Bonchev–Trinajstić information content (AvgIpc) is 3.02. The van der Waals surface area contributed by atoms with Crippen LogP contribution in [0.25, 0.3) is 17.0 Å². The van der Waals surface area contributed by atoms with E-state index in [1.54, 1.807) is 17.2 Å². The van der Waals surface area contributed by atoms with Crippen LogP contribution in [0.15, 0.2) is 30.5 Å². The summed E-state index contributed by atoms with van der Waals surface area (Å²) in [6.45, 7) is 9.52. The lowest BCUT2D eigenvalue weighted by atomic mass is 9.82. The van der Waals surface area contributed by atoms with Crippen molar-refractivity contribution in [1.82, 2.24) is 19.7 Å². The molecule has 0 spiro atoms. The number of aromatic nitrogens is 1. The quantitative estimate of drug-likeness (QED) is 0.734. The number of nitrogens with one attached hydrogen (secondary N) is 1. The number of benzene rings is 1. The number of nitrogens with zero attached hydrogens (tertiary/aromatic N) is 3. The van der Waals surface area contributed by atoms with Gasteiger partial charge in [0.05, 0.1) is 24.4 Å². The minimum absolute atomic E-state index is 0.164. The summed E-state index contributed by atoms with van der Waals surface area (Å²) in [5, 5.41) is 13.8. The van der Waals surface area contributed by atoms with Crippen LogP contribution in [-0.4, -0.2) is 77.5 Å². The molecule has 1 aromatic carbocycles. The molecule has 3 heterocycles. The van der Waals surface area contributed by atoms with Crippen LogP contribution in [0.2, 0.25) is 0 Å². The lowest BCUT2D eigenvalue weighted by Gasteiger charge is -2.30. The standard InChI is InChI=1S/C23H30N4O4/c1-23(2)16-26(21(28)24-9-5-10-25-12-14-31-15-13-25)11-8-19-20(23)17-6-3-4-7-18(17)27(19)22(29)30/h3-4,6-8,11H,5,9-10,12-16H2,1-2H3,(H,24,28)(H,29,30). The Hall–Kier alpha value is -2.84. The van der Waals surface area contributed by atoms with Gasteiger partial charge >= 0.3 is 12.1 Å². The number of para-hydroxylation sites is 1. The zero-order valence-corrected chi connectivity index (χ0v) is 18.1. The predicted octanol–water partition coefficient (Wildman–Crippen LogP) is 3.16. The number of hydrogen-bond acceptors (Lipinski definition) is 4. The van der Waals surface area contributed by atoms with Gasteiger partial charge in [0.2, 0.25) is 0 Å². The maximum Gasteiger partial charge on any atom is 0.416 e. The molecule has 2 N–H and O–H groups in total. The van der Waals surface area contributed by atoms with E-state index in [1.807, 2.05) is 24.3 Å². The molecule has 8 nitrogen and oxygen atoms in total. The lowest BCUT2D eigenvalue weighted by Crippen LogP contribution is -2.43. The number of carboxylic acid groups (broad SMARTS) is 1. The number of urea groups is 1. The molecule has 1 saturated heterocycles. The van der Waals surface area contributed by atoms with Crippen molar-refractivity contribution >= 4 is 29.1 Å². The highest BCUT2D eigenvalue weighted by Crippen LogP contribution is 2.39. The van der Waals surface area contributed by atoms with Crippen LogP contribution >= 0.6 is 0 Å².